The monoisotopic (exact) mass is 358 g/mol. The number of aryl methyl sites for hydroxylation is 2. The van der Waals surface area contributed by atoms with E-state index in [2.05, 4.69) is 16.7 Å². The summed E-state index contributed by atoms with van der Waals surface area (Å²) in [6, 6.07) is 5.99. The molecule has 0 saturated heterocycles. The summed E-state index contributed by atoms with van der Waals surface area (Å²) in [5.74, 6) is -0.0743. The highest BCUT2D eigenvalue weighted by molar-refractivity contribution is 5.92. The number of carbonyl (C=O) groups is 2. The van der Waals surface area contributed by atoms with Gasteiger partial charge in [-0.25, -0.2) is 0 Å². The Morgan fingerprint density at radius 3 is 2.62 bits per heavy atom. The molecule has 1 aliphatic rings. The van der Waals surface area contributed by atoms with Crippen molar-refractivity contribution in [2.24, 2.45) is 0 Å². The highest BCUT2D eigenvalue weighted by Gasteiger charge is 2.15. The van der Waals surface area contributed by atoms with Crippen molar-refractivity contribution >= 4 is 17.5 Å². The summed E-state index contributed by atoms with van der Waals surface area (Å²) in [6.07, 6.45) is 8.14. The first-order chi connectivity index (χ1) is 12.4. The molecule has 0 aliphatic heterocycles. The summed E-state index contributed by atoms with van der Waals surface area (Å²) in [4.78, 5) is 25.1. The fraction of sp³-hybridized carbons (Fsp3) is 0.524. The van der Waals surface area contributed by atoms with Crippen LogP contribution in [0.25, 0.3) is 0 Å². The SMILES string of the molecule is Cc1ccc(C)c(NC(=O)C[NH+](C)CC(=O)NCCC2=CCCCC2)c1. The molecule has 0 aromatic heterocycles. The third-order valence-corrected chi connectivity index (χ3v) is 4.75. The molecule has 2 amide bonds. The zero-order chi connectivity index (χ0) is 18.9. The summed E-state index contributed by atoms with van der Waals surface area (Å²) in [6.45, 7) is 5.23. The Morgan fingerprint density at radius 1 is 1.12 bits per heavy atom. The van der Waals surface area contributed by atoms with E-state index >= 15 is 0 Å². The van der Waals surface area contributed by atoms with Gasteiger partial charge in [0.25, 0.3) is 11.8 Å². The van der Waals surface area contributed by atoms with Gasteiger partial charge < -0.3 is 15.5 Å². The molecule has 5 heteroatoms. The van der Waals surface area contributed by atoms with E-state index in [4.69, 9.17) is 0 Å². The van der Waals surface area contributed by atoms with Crippen LogP contribution in [0, 0.1) is 13.8 Å². The van der Waals surface area contributed by atoms with Crippen LogP contribution in [0.4, 0.5) is 5.69 Å². The Morgan fingerprint density at radius 2 is 1.88 bits per heavy atom. The van der Waals surface area contributed by atoms with E-state index in [0.717, 1.165) is 28.1 Å². The molecule has 0 bridgehead atoms. The number of benzene rings is 1. The third kappa shape index (κ3) is 7.00. The topological polar surface area (TPSA) is 62.6 Å². The summed E-state index contributed by atoms with van der Waals surface area (Å²) in [5, 5.41) is 5.91. The number of anilines is 1. The number of quaternary nitrogens is 1. The van der Waals surface area contributed by atoms with Crippen molar-refractivity contribution in [2.75, 3.05) is 32.0 Å². The average Bonchev–Trinajstić information content (AvgIpc) is 2.58. The van der Waals surface area contributed by atoms with Gasteiger partial charge in [-0.1, -0.05) is 23.8 Å². The predicted octanol–water partition coefficient (Wildman–Crippen LogP) is 1.76. The number of nitrogens with one attached hydrogen (secondary N) is 3. The molecule has 0 spiro atoms. The molecular formula is C21H32N3O2+. The second-order valence-corrected chi connectivity index (χ2v) is 7.39. The molecule has 0 heterocycles. The molecule has 0 fully saturated rings. The van der Waals surface area contributed by atoms with Gasteiger partial charge in [-0.15, -0.1) is 0 Å². The van der Waals surface area contributed by atoms with Crippen LogP contribution < -0.4 is 15.5 Å². The van der Waals surface area contributed by atoms with Crippen molar-refractivity contribution < 1.29 is 14.5 Å². The number of rotatable bonds is 8. The van der Waals surface area contributed by atoms with Gasteiger partial charge in [0.15, 0.2) is 13.1 Å². The van der Waals surface area contributed by atoms with Crippen molar-refractivity contribution in [3.05, 3.63) is 41.0 Å². The Kier molecular flexibility index (Phi) is 7.85. The van der Waals surface area contributed by atoms with Gasteiger partial charge in [0.05, 0.1) is 7.05 Å². The molecule has 1 aromatic carbocycles. The minimum atomic E-state index is -0.0728. The molecule has 1 aliphatic carbocycles. The van der Waals surface area contributed by atoms with E-state index in [0.29, 0.717) is 13.1 Å². The van der Waals surface area contributed by atoms with Crippen LogP contribution in [-0.4, -0.2) is 38.5 Å². The van der Waals surface area contributed by atoms with Gasteiger partial charge in [0, 0.05) is 12.2 Å². The lowest BCUT2D eigenvalue weighted by Gasteiger charge is -2.16. The smallest absolute Gasteiger partial charge is 0.279 e. The number of hydrogen-bond donors (Lipinski definition) is 3. The van der Waals surface area contributed by atoms with Crippen LogP contribution in [0.5, 0.6) is 0 Å². The fourth-order valence-corrected chi connectivity index (χ4v) is 3.23. The van der Waals surface area contributed by atoms with E-state index in [-0.39, 0.29) is 18.4 Å². The van der Waals surface area contributed by atoms with Gasteiger partial charge >= 0.3 is 0 Å². The van der Waals surface area contributed by atoms with Gasteiger partial charge in [-0.2, -0.15) is 0 Å². The molecule has 142 valence electrons. The minimum absolute atomic E-state index is 0.00144. The van der Waals surface area contributed by atoms with Crippen molar-refractivity contribution in [1.82, 2.24) is 5.32 Å². The lowest BCUT2D eigenvalue weighted by atomic mass is 9.97. The molecule has 1 atom stereocenters. The normalized spacial score (nSPS) is 15.1. The maximum Gasteiger partial charge on any atom is 0.279 e. The van der Waals surface area contributed by atoms with Gasteiger partial charge in [-0.05, 0) is 63.1 Å². The Hall–Kier alpha value is -2.14. The fourth-order valence-electron chi connectivity index (χ4n) is 3.23. The summed E-state index contributed by atoms with van der Waals surface area (Å²) >= 11 is 0. The van der Waals surface area contributed by atoms with E-state index in [1.165, 1.54) is 31.3 Å². The van der Waals surface area contributed by atoms with E-state index < -0.39 is 0 Å². The second kappa shape index (κ2) is 10.1. The summed E-state index contributed by atoms with van der Waals surface area (Å²) in [7, 11) is 1.87. The van der Waals surface area contributed by atoms with Crippen molar-refractivity contribution in [3.8, 4) is 0 Å². The van der Waals surface area contributed by atoms with Gasteiger partial charge in [0.1, 0.15) is 0 Å². The lowest BCUT2D eigenvalue weighted by molar-refractivity contribution is -0.862. The molecule has 0 saturated carbocycles. The van der Waals surface area contributed by atoms with Crippen molar-refractivity contribution in [1.29, 1.82) is 0 Å². The molecule has 1 aromatic rings. The molecular weight excluding hydrogens is 326 g/mol. The summed E-state index contributed by atoms with van der Waals surface area (Å²) in [5.41, 5.74) is 4.45. The number of amides is 2. The zero-order valence-corrected chi connectivity index (χ0v) is 16.3. The van der Waals surface area contributed by atoms with Crippen LogP contribution in [0.15, 0.2) is 29.8 Å². The van der Waals surface area contributed by atoms with Crippen molar-refractivity contribution in [3.63, 3.8) is 0 Å². The van der Waals surface area contributed by atoms with Crippen LogP contribution in [0.3, 0.4) is 0 Å². The highest BCUT2D eigenvalue weighted by atomic mass is 16.2. The Balaban J connectivity index is 1.68. The maximum absolute atomic E-state index is 12.2. The second-order valence-electron chi connectivity index (χ2n) is 7.39. The number of likely N-dealkylation sites (N-methyl/N-ethyl adjacent to an activating group) is 1. The van der Waals surface area contributed by atoms with Crippen molar-refractivity contribution in [2.45, 2.75) is 46.0 Å². The molecule has 2 rings (SSSR count). The maximum atomic E-state index is 12.2. The standard InChI is InChI=1S/C21H31N3O2/c1-16-9-10-17(2)19(13-16)23-21(26)15-24(3)14-20(25)22-12-11-18-7-5-4-6-8-18/h7,9-10,13H,4-6,8,11-12,14-15H2,1-3H3,(H,22,25)(H,23,26)/p+1. The first-order valence-electron chi connectivity index (χ1n) is 9.57. The first-order valence-corrected chi connectivity index (χ1v) is 9.57. The first kappa shape index (κ1) is 20.2. The molecule has 3 N–H and O–H groups in total. The molecule has 5 nitrogen and oxygen atoms in total. The van der Waals surface area contributed by atoms with Crippen LogP contribution in [-0.2, 0) is 9.59 Å². The van der Waals surface area contributed by atoms with Gasteiger partial charge in [-0.3, -0.25) is 9.59 Å². The zero-order valence-electron chi connectivity index (χ0n) is 16.3. The largest absolute Gasteiger partial charge is 0.351 e. The Labute approximate surface area is 156 Å². The summed E-state index contributed by atoms with van der Waals surface area (Å²) < 4.78 is 0. The molecule has 26 heavy (non-hydrogen) atoms. The Bertz CT molecular complexity index is 667. The average molecular weight is 359 g/mol. The number of allylic oxidation sites excluding steroid dienone is 1. The van der Waals surface area contributed by atoms with E-state index in [9.17, 15) is 9.59 Å². The predicted molar refractivity (Wildman–Crippen MR) is 105 cm³/mol. The lowest BCUT2D eigenvalue weighted by Crippen LogP contribution is -3.11. The van der Waals surface area contributed by atoms with E-state index in [1.807, 2.05) is 39.1 Å². The van der Waals surface area contributed by atoms with E-state index in [1.54, 1.807) is 0 Å². The molecule has 0 radical (unpaired) electrons. The number of carbonyl (C=O) groups excluding carboxylic acids is 2. The van der Waals surface area contributed by atoms with Crippen LogP contribution in [0.2, 0.25) is 0 Å². The van der Waals surface area contributed by atoms with Crippen LogP contribution >= 0.6 is 0 Å². The molecule has 1 unspecified atom stereocenters. The third-order valence-electron chi connectivity index (χ3n) is 4.75. The minimum Gasteiger partial charge on any atom is -0.351 e. The highest BCUT2D eigenvalue weighted by Crippen LogP contribution is 2.19. The van der Waals surface area contributed by atoms with Crippen LogP contribution in [0.1, 0.15) is 43.2 Å². The quantitative estimate of drug-likeness (QED) is 0.620. The van der Waals surface area contributed by atoms with Gasteiger partial charge in [0.2, 0.25) is 0 Å². The number of hydrogen-bond acceptors (Lipinski definition) is 2.